The molecule has 98 valence electrons. The standard InChI is InChI=1S/C15H16N2O2/c1-19-15(18)14-7-6-13(12-3-2-8-16-9-12)17(14)10-11-4-5-11/h2-3,6-9,11H,4-5,10H2,1H3. The molecule has 2 aromatic rings. The number of hydrogen-bond acceptors (Lipinski definition) is 3. The Morgan fingerprint density at radius 1 is 1.42 bits per heavy atom. The fraction of sp³-hybridized carbons (Fsp3) is 0.333. The van der Waals surface area contributed by atoms with Crippen LogP contribution in [-0.2, 0) is 11.3 Å². The van der Waals surface area contributed by atoms with Crippen LogP contribution in [0.15, 0.2) is 36.7 Å². The summed E-state index contributed by atoms with van der Waals surface area (Å²) in [6, 6.07) is 7.70. The van der Waals surface area contributed by atoms with E-state index in [9.17, 15) is 4.79 Å². The van der Waals surface area contributed by atoms with Crippen molar-refractivity contribution in [2.75, 3.05) is 7.11 Å². The quantitative estimate of drug-likeness (QED) is 0.790. The molecule has 2 aromatic heterocycles. The first kappa shape index (κ1) is 12.0. The van der Waals surface area contributed by atoms with E-state index in [2.05, 4.69) is 9.55 Å². The molecular weight excluding hydrogens is 240 g/mol. The number of rotatable bonds is 4. The van der Waals surface area contributed by atoms with Crippen LogP contribution >= 0.6 is 0 Å². The van der Waals surface area contributed by atoms with Crippen molar-refractivity contribution in [1.29, 1.82) is 0 Å². The summed E-state index contributed by atoms with van der Waals surface area (Å²) in [7, 11) is 1.42. The highest BCUT2D eigenvalue weighted by Crippen LogP contribution is 2.33. The van der Waals surface area contributed by atoms with Crippen molar-refractivity contribution < 1.29 is 9.53 Å². The van der Waals surface area contributed by atoms with Crippen LogP contribution in [0.1, 0.15) is 23.3 Å². The molecule has 3 rings (SSSR count). The van der Waals surface area contributed by atoms with Gasteiger partial charge < -0.3 is 9.30 Å². The van der Waals surface area contributed by atoms with E-state index in [-0.39, 0.29) is 5.97 Å². The van der Waals surface area contributed by atoms with E-state index < -0.39 is 0 Å². The summed E-state index contributed by atoms with van der Waals surface area (Å²) in [6.45, 7) is 0.877. The lowest BCUT2D eigenvalue weighted by atomic mass is 10.2. The molecule has 2 heterocycles. The lowest BCUT2D eigenvalue weighted by molar-refractivity contribution is 0.0588. The number of esters is 1. The van der Waals surface area contributed by atoms with Crippen LogP contribution in [0, 0.1) is 5.92 Å². The molecule has 0 spiro atoms. The molecule has 0 N–H and O–H groups in total. The molecule has 0 amide bonds. The highest BCUT2D eigenvalue weighted by atomic mass is 16.5. The highest BCUT2D eigenvalue weighted by Gasteiger charge is 2.25. The van der Waals surface area contributed by atoms with Gasteiger partial charge in [-0.25, -0.2) is 4.79 Å². The van der Waals surface area contributed by atoms with E-state index in [1.165, 1.54) is 20.0 Å². The minimum absolute atomic E-state index is 0.282. The Hall–Kier alpha value is -2.10. The van der Waals surface area contributed by atoms with Crippen molar-refractivity contribution >= 4 is 5.97 Å². The van der Waals surface area contributed by atoms with Crippen LogP contribution in [0.4, 0.5) is 0 Å². The molecule has 19 heavy (non-hydrogen) atoms. The second-order valence-corrected chi connectivity index (χ2v) is 4.89. The molecule has 1 saturated carbocycles. The number of pyridine rings is 1. The molecule has 1 aliphatic carbocycles. The summed E-state index contributed by atoms with van der Waals surface area (Å²) >= 11 is 0. The Morgan fingerprint density at radius 3 is 2.89 bits per heavy atom. The third kappa shape index (κ3) is 2.38. The number of aromatic nitrogens is 2. The van der Waals surface area contributed by atoms with Gasteiger partial charge in [-0.05, 0) is 43.0 Å². The first-order valence-corrected chi connectivity index (χ1v) is 6.48. The van der Waals surface area contributed by atoms with Crippen molar-refractivity contribution in [2.24, 2.45) is 5.92 Å². The van der Waals surface area contributed by atoms with Crippen molar-refractivity contribution in [3.63, 3.8) is 0 Å². The first-order valence-electron chi connectivity index (χ1n) is 6.48. The van der Waals surface area contributed by atoms with E-state index in [0.717, 1.165) is 17.8 Å². The average molecular weight is 256 g/mol. The molecule has 0 radical (unpaired) electrons. The van der Waals surface area contributed by atoms with E-state index in [1.807, 2.05) is 30.5 Å². The predicted molar refractivity (Wildman–Crippen MR) is 71.7 cm³/mol. The second-order valence-electron chi connectivity index (χ2n) is 4.89. The summed E-state index contributed by atoms with van der Waals surface area (Å²) in [5.74, 6) is 0.405. The van der Waals surface area contributed by atoms with E-state index in [1.54, 1.807) is 6.20 Å². The van der Waals surface area contributed by atoms with E-state index in [0.29, 0.717) is 11.6 Å². The molecule has 0 atom stereocenters. The number of ether oxygens (including phenoxy) is 1. The van der Waals surface area contributed by atoms with E-state index in [4.69, 9.17) is 4.74 Å². The van der Waals surface area contributed by atoms with Gasteiger partial charge in [0.2, 0.25) is 0 Å². The predicted octanol–water partition coefficient (Wildman–Crippen LogP) is 2.75. The van der Waals surface area contributed by atoms with Gasteiger partial charge in [0, 0.05) is 24.5 Å². The lowest BCUT2D eigenvalue weighted by Gasteiger charge is -2.11. The Kier molecular flexibility index (Phi) is 3.07. The molecule has 0 unspecified atom stereocenters. The van der Waals surface area contributed by atoms with Gasteiger partial charge in [0.05, 0.1) is 12.8 Å². The Labute approximate surface area is 112 Å². The SMILES string of the molecule is COC(=O)c1ccc(-c2cccnc2)n1CC1CC1. The minimum atomic E-state index is -0.282. The summed E-state index contributed by atoms with van der Waals surface area (Å²) in [5.41, 5.74) is 2.67. The van der Waals surface area contributed by atoms with Crippen LogP contribution in [0.2, 0.25) is 0 Å². The first-order chi connectivity index (χ1) is 9.29. The van der Waals surface area contributed by atoms with Crippen molar-refractivity contribution in [3.8, 4) is 11.3 Å². The van der Waals surface area contributed by atoms with Crippen molar-refractivity contribution in [2.45, 2.75) is 19.4 Å². The lowest BCUT2D eigenvalue weighted by Crippen LogP contribution is -2.12. The Balaban J connectivity index is 2.03. The third-order valence-electron chi connectivity index (χ3n) is 3.47. The van der Waals surface area contributed by atoms with Gasteiger partial charge in [-0.3, -0.25) is 4.98 Å². The number of nitrogens with zero attached hydrogens (tertiary/aromatic N) is 2. The molecule has 1 fully saturated rings. The topological polar surface area (TPSA) is 44.1 Å². The van der Waals surface area contributed by atoms with Gasteiger partial charge in [0.1, 0.15) is 5.69 Å². The zero-order valence-corrected chi connectivity index (χ0v) is 10.9. The van der Waals surface area contributed by atoms with Crippen molar-refractivity contribution in [1.82, 2.24) is 9.55 Å². The fourth-order valence-corrected chi connectivity index (χ4v) is 2.27. The van der Waals surface area contributed by atoms with Gasteiger partial charge >= 0.3 is 5.97 Å². The molecule has 0 aromatic carbocycles. The van der Waals surface area contributed by atoms with Gasteiger partial charge in [-0.15, -0.1) is 0 Å². The third-order valence-corrected chi connectivity index (χ3v) is 3.47. The van der Waals surface area contributed by atoms with Crippen LogP contribution in [0.5, 0.6) is 0 Å². The van der Waals surface area contributed by atoms with Gasteiger partial charge in [-0.2, -0.15) is 0 Å². The van der Waals surface area contributed by atoms with Crippen LogP contribution in [0.3, 0.4) is 0 Å². The Morgan fingerprint density at radius 2 is 2.26 bits per heavy atom. The molecule has 1 aliphatic rings. The molecule has 0 aliphatic heterocycles. The number of carbonyl (C=O) groups is 1. The second kappa shape index (κ2) is 4.88. The fourth-order valence-electron chi connectivity index (χ4n) is 2.27. The number of carbonyl (C=O) groups excluding carboxylic acids is 1. The maximum Gasteiger partial charge on any atom is 0.354 e. The van der Waals surface area contributed by atoms with Crippen molar-refractivity contribution in [3.05, 3.63) is 42.4 Å². The van der Waals surface area contributed by atoms with Crippen LogP contribution in [0.25, 0.3) is 11.3 Å². The molecule has 4 nitrogen and oxygen atoms in total. The monoisotopic (exact) mass is 256 g/mol. The maximum atomic E-state index is 11.8. The smallest absolute Gasteiger partial charge is 0.354 e. The largest absolute Gasteiger partial charge is 0.464 e. The minimum Gasteiger partial charge on any atom is -0.464 e. The van der Waals surface area contributed by atoms with Gasteiger partial charge in [0.25, 0.3) is 0 Å². The highest BCUT2D eigenvalue weighted by molar-refractivity contribution is 5.89. The Bertz CT molecular complexity index is 585. The summed E-state index contributed by atoms with van der Waals surface area (Å²) < 4.78 is 6.91. The summed E-state index contributed by atoms with van der Waals surface area (Å²) in [6.07, 6.45) is 6.05. The molecule has 0 bridgehead atoms. The average Bonchev–Trinajstić information content (AvgIpc) is 3.17. The number of hydrogen-bond donors (Lipinski definition) is 0. The van der Waals surface area contributed by atoms with Gasteiger partial charge in [0.15, 0.2) is 0 Å². The normalized spacial score (nSPS) is 14.4. The molecule has 4 heteroatoms. The van der Waals surface area contributed by atoms with Gasteiger partial charge in [-0.1, -0.05) is 0 Å². The van der Waals surface area contributed by atoms with Crippen LogP contribution < -0.4 is 0 Å². The zero-order valence-electron chi connectivity index (χ0n) is 10.9. The van der Waals surface area contributed by atoms with Crippen LogP contribution in [-0.4, -0.2) is 22.6 Å². The van der Waals surface area contributed by atoms with E-state index >= 15 is 0 Å². The zero-order chi connectivity index (χ0) is 13.2. The maximum absolute atomic E-state index is 11.8. The number of methoxy groups -OCH3 is 1. The molecular formula is C15H16N2O2. The molecule has 0 saturated heterocycles. The summed E-state index contributed by atoms with van der Waals surface area (Å²) in [5, 5.41) is 0. The summed E-state index contributed by atoms with van der Waals surface area (Å²) in [4.78, 5) is 16.0.